The zero-order valence-electron chi connectivity index (χ0n) is 41.7. The van der Waals surface area contributed by atoms with Gasteiger partial charge >= 0.3 is 5.97 Å². The second-order valence-electron chi connectivity index (χ2n) is 19.0. The molecule has 10 amide bonds. The van der Waals surface area contributed by atoms with Gasteiger partial charge in [-0.25, -0.2) is 0 Å². The van der Waals surface area contributed by atoms with Crippen molar-refractivity contribution in [2.24, 2.45) is 23.7 Å². The number of carboxylic acids is 1. The van der Waals surface area contributed by atoms with Crippen LogP contribution in [0.15, 0.2) is 0 Å². The summed E-state index contributed by atoms with van der Waals surface area (Å²) >= 11 is 0. The van der Waals surface area contributed by atoms with E-state index in [-0.39, 0.29) is 43.9 Å². The maximum absolute atomic E-state index is 14.2. The van der Waals surface area contributed by atoms with Crippen molar-refractivity contribution in [2.45, 2.75) is 183 Å². The first kappa shape index (κ1) is 59.9. The van der Waals surface area contributed by atoms with Gasteiger partial charge in [0.05, 0.1) is 12.5 Å². The highest BCUT2D eigenvalue weighted by molar-refractivity contribution is 5.98. The van der Waals surface area contributed by atoms with Gasteiger partial charge in [0, 0.05) is 13.5 Å². The average molecular weight is 965 g/mol. The van der Waals surface area contributed by atoms with Gasteiger partial charge < -0.3 is 62.7 Å². The molecule has 1 heterocycles. The Morgan fingerprint density at radius 2 is 0.941 bits per heavy atom. The predicted octanol–water partition coefficient (Wildman–Crippen LogP) is -1.48. The van der Waals surface area contributed by atoms with Crippen molar-refractivity contribution in [1.82, 2.24) is 52.8 Å². The molecule has 0 unspecified atom stereocenters. The molecule has 23 nitrogen and oxygen atoms in total. The minimum Gasteiger partial charge on any atom is -0.481 e. The molecule has 0 aliphatic carbocycles. The van der Waals surface area contributed by atoms with Crippen molar-refractivity contribution >= 4 is 71.3 Å². The summed E-state index contributed by atoms with van der Waals surface area (Å²) in [5.74, 6) is -9.14. The molecule has 384 valence electrons. The highest BCUT2D eigenvalue weighted by atomic mass is 16.4. The lowest BCUT2D eigenvalue weighted by Gasteiger charge is -2.31. The molecule has 0 radical (unpaired) electrons. The largest absolute Gasteiger partial charge is 0.481 e. The van der Waals surface area contributed by atoms with Crippen molar-refractivity contribution in [1.29, 1.82) is 0 Å². The van der Waals surface area contributed by atoms with Crippen LogP contribution in [0.3, 0.4) is 0 Å². The summed E-state index contributed by atoms with van der Waals surface area (Å²) in [7, 11) is 0. The van der Waals surface area contributed by atoms with E-state index in [0.717, 1.165) is 0 Å². The van der Waals surface area contributed by atoms with E-state index in [1.54, 1.807) is 27.7 Å². The van der Waals surface area contributed by atoms with Gasteiger partial charge in [0.15, 0.2) is 0 Å². The van der Waals surface area contributed by atoms with Crippen LogP contribution in [0, 0.1) is 23.7 Å². The second kappa shape index (κ2) is 28.2. The number of aliphatic carboxylic acids is 1. The Morgan fingerprint density at radius 1 is 0.529 bits per heavy atom. The van der Waals surface area contributed by atoms with Gasteiger partial charge in [-0.3, -0.25) is 52.7 Å². The number of nitrogens with one attached hydrogen (secondary N) is 9. The molecule has 1 rings (SSSR count). The summed E-state index contributed by atoms with van der Waals surface area (Å²) in [6.45, 7) is 20.9. The van der Waals surface area contributed by atoms with E-state index in [1.165, 1.54) is 39.5 Å². The number of amides is 10. The van der Waals surface area contributed by atoms with E-state index in [2.05, 4.69) is 47.9 Å². The van der Waals surface area contributed by atoms with E-state index in [4.69, 9.17) is 5.11 Å². The Labute approximate surface area is 398 Å². The molecular formula is C45H76N10O13. The Balaban J connectivity index is 3.12. The molecule has 0 bridgehead atoms. The summed E-state index contributed by atoms with van der Waals surface area (Å²) < 4.78 is 0. The molecule has 0 saturated carbocycles. The second-order valence-corrected chi connectivity index (χ2v) is 19.0. The Hall–Kier alpha value is -6.16. The third-order valence-electron chi connectivity index (χ3n) is 10.9. The Kier molecular flexibility index (Phi) is 24.9. The van der Waals surface area contributed by atoms with Crippen molar-refractivity contribution < 1.29 is 62.6 Å². The monoisotopic (exact) mass is 965 g/mol. The summed E-state index contributed by atoms with van der Waals surface area (Å²) in [5.41, 5.74) is 0. The number of carboxylic acid groups (broad SMARTS) is 1. The number of carbonyl (C=O) groups is 12. The molecule has 1 fully saturated rings. The van der Waals surface area contributed by atoms with E-state index in [9.17, 15) is 57.5 Å². The molecule has 0 aromatic rings. The quantitative estimate of drug-likeness (QED) is 0.0421. The molecule has 1 aliphatic heterocycles. The van der Waals surface area contributed by atoms with E-state index in [0.29, 0.717) is 6.42 Å². The number of hydrogen-bond donors (Lipinski definition) is 10. The Bertz CT molecular complexity index is 1840. The zero-order chi connectivity index (χ0) is 52.3. The van der Waals surface area contributed by atoms with Gasteiger partial charge in [-0.1, -0.05) is 55.4 Å². The van der Waals surface area contributed by atoms with Gasteiger partial charge in [-0.15, -0.1) is 0 Å². The van der Waals surface area contributed by atoms with Gasteiger partial charge in [-0.2, -0.15) is 0 Å². The Morgan fingerprint density at radius 3 is 1.40 bits per heavy atom. The number of rotatable bonds is 27. The van der Waals surface area contributed by atoms with Crippen molar-refractivity contribution in [3.05, 3.63) is 0 Å². The minimum absolute atomic E-state index is 0.116. The molecule has 10 atom stereocenters. The fraction of sp³-hybridized carbons (Fsp3) is 0.733. The molecule has 1 saturated heterocycles. The van der Waals surface area contributed by atoms with E-state index >= 15 is 0 Å². The highest BCUT2D eigenvalue weighted by Gasteiger charge is 2.40. The topological polar surface area (TPSA) is 337 Å². The van der Waals surface area contributed by atoms with Gasteiger partial charge in [0.25, 0.3) is 0 Å². The maximum Gasteiger partial charge on any atom is 0.305 e. The highest BCUT2D eigenvalue weighted by Crippen LogP contribution is 2.21. The molecule has 1 aliphatic rings. The smallest absolute Gasteiger partial charge is 0.305 e. The number of hydrogen-bond acceptors (Lipinski definition) is 12. The summed E-state index contributed by atoms with van der Waals surface area (Å²) in [5, 5.41) is 32.0. The van der Waals surface area contributed by atoms with Crippen LogP contribution in [-0.4, -0.2) is 148 Å². The molecule has 0 aromatic heterocycles. The molecule has 0 aromatic carbocycles. The van der Waals surface area contributed by atoms with Crippen LogP contribution in [0.5, 0.6) is 0 Å². The van der Waals surface area contributed by atoms with E-state index in [1.807, 2.05) is 27.7 Å². The van der Waals surface area contributed by atoms with Crippen molar-refractivity contribution in [3.8, 4) is 0 Å². The first-order valence-electron chi connectivity index (χ1n) is 23.2. The summed E-state index contributed by atoms with van der Waals surface area (Å²) in [4.78, 5) is 155. The number of aldehydes is 1. The fourth-order valence-corrected chi connectivity index (χ4v) is 7.21. The predicted molar refractivity (Wildman–Crippen MR) is 247 cm³/mol. The average Bonchev–Trinajstić information content (AvgIpc) is 3.72. The van der Waals surface area contributed by atoms with Crippen LogP contribution in [0.25, 0.3) is 0 Å². The number of carbonyl (C=O) groups excluding carboxylic acids is 11. The van der Waals surface area contributed by atoms with Crippen molar-refractivity contribution in [2.75, 3.05) is 6.54 Å². The summed E-state index contributed by atoms with van der Waals surface area (Å²) in [6.07, 6.45) is 0.601. The van der Waals surface area contributed by atoms with Crippen LogP contribution < -0.4 is 47.9 Å². The van der Waals surface area contributed by atoms with Crippen LogP contribution in [-0.2, 0) is 57.5 Å². The molecular weight excluding hydrogens is 889 g/mol. The van der Waals surface area contributed by atoms with Gasteiger partial charge in [-0.05, 0) is 77.0 Å². The van der Waals surface area contributed by atoms with Gasteiger partial charge in [0.2, 0.25) is 59.1 Å². The standard InChI is InChI=1S/C45H76N10O13/c1-21(2)17-31(51-38(61)26(10)49-43(66)35(23(5)6)53-39(62)27(11)47-37(60)25(9)46-29(13)57)41(64)52-32(18-22(3)4)45(68)55-16-14-15-33(55)42(65)48-28(12)40(63)54-36(24(7)8)44(67)50-30(20-56)19-34(58)59/h20-28,30-33,35-36H,14-19H2,1-13H3,(H,46,57)(H,47,60)(H,48,65)(H,49,66)(H,50,67)(H,51,61)(H,52,64)(H,53,62)(H,54,63)(H,58,59)/t25-,26-,27-,28-,30-,31-,32-,33-,35-,36-/m0/s1. The fourth-order valence-electron chi connectivity index (χ4n) is 7.21. The molecule has 0 spiro atoms. The van der Waals surface area contributed by atoms with E-state index < -0.39 is 144 Å². The lowest BCUT2D eigenvalue weighted by atomic mass is 9.99. The first-order valence-corrected chi connectivity index (χ1v) is 23.2. The normalized spacial score (nSPS) is 17.5. The number of nitrogens with zero attached hydrogens (tertiary/aromatic N) is 1. The zero-order valence-corrected chi connectivity index (χ0v) is 41.7. The van der Waals surface area contributed by atoms with Crippen LogP contribution >= 0.6 is 0 Å². The third-order valence-corrected chi connectivity index (χ3v) is 10.9. The lowest BCUT2D eigenvalue weighted by molar-refractivity contribution is -0.143. The molecule has 23 heteroatoms. The lowest BCUT2D eigenvalue weighted by Crippen LogP contribution is -2.60. The molecule has 10 N–H and O–H groups in total. The summed E-state index contributed by atoms with van der Waals surface area (Å²) in [6, 6.07) is -11.4. The number of likely N-dealkylation sites (tertiary alicyclic amines) is 1. The minimum atomic E-state index is -1.32. The van der Waals surface area contributed by atoms with Crippen LogP contribution in [0.2, 0.25) is 0 Å². The maximum atomic E-state index is 14.2. The third kappa shape index (κ3) is 20.0. The van der Waals surface area contributed by atoms with Crippen molar-refractivity contribution in [3.63, 3.8) is 0 Å². The van der Waals surface area contributed by atoms with Crippen LogP contribution in [0.4, 0.5) is 0 Å². The van der Waals surface area contributed by atoms with Gasteiger partial charge in [0.1, 0.15) is 60.7 Å². The SMILES string of the molecule is CC(=O)N[C@@H](C)C(=O)N[C@@H](C)C(=O)N[C@H](C(=O)N[C@@H](C)C(=O)N[C@@H](CC(C)C)C(=O)N[C@@H](CC(C)C)C(=O)N1CCC[C@H]1C(=O)N[C@@H](C)C(=O)N[C@H](C(=O)N[C@H](C=O)CC(=O)O)C(C)C)C(C)C. The molecule has 68 heavy (non-hydrogen) atoms. The van der Waals surface area contributed by atoms with Crippen LogP contribution in [0.1, 0.15) is 122 Å². The first-order chi connectivity index (χ1) is 31.5.